The summed E-state index contributed by atoms with van der Waals surface area (Å²) in [4.78, 5) is 47.0. The summed E-state index contributed by atoms with van der Waals surface area (Å²) in [5, 5.41) is 4.29. The van der Waals surface area contributed by atoms with Gasteiger partial charge in [0, 0.05) is 18.7 Å². The Labute approximate surface area is 200 Å². The Hall–Kier alpha value is -2.39. The second kappa shape index (κ2) is 11.8. The van der Waals surface area contributed by atoms with Gasteiger partial charge in [0.1, 0.15) is 13.2 Å². The van der Waals surface area contributed by atoms with Gasteiger partial charge in [-0.15, -0.1) is 0 Å². The molecular formula is C24H33N3O6P+. The lowest BCUT2D eigenvalue weighted by atomic mass is 10.0. The van der Waals surface area contributed by atoms with Crippen LogP contribution >= 0.6 is 8.17 Å². The lowest BCUT2D eigenvalue weighted by Gasteiger charge is -2.23. The number of aryl methyl sites for hydroxylation is 1. The molecular weight excluding hydrogens is 457 g/mol. The molecule has 1 saturated heterocycles. The van der Waals surface area contributed by atoms with E-state index in [1.165, 1.54) is 5.56 Å². The van der Waals surface area contributed by atoms with Crippen LogP contribution in [0.3, 0.4) is 0 Å². The summed E-state index contributed by atoms with van der Waals surface area (Å²) in [6.07, 6.45) is 2.92. The average molecular weight is 491 g/mol. The number of oxime groups is 1. The van der Waals surface area contributed by atoms with E-state index in [0.717, 1.165) is 24.1 Å². The van der Waals surface area contributed by atoms with Gasteiger partial charge in [0.25, 0.3) is 5.91 Å². The van der Waals surface area contributed by atoms with Crippen molar-refractivity contribution in [3.8, 4) is 0 Å². The quantitative estimate of drug-likeness (QED) is 0.164. The number of nitrogens with zero attached hydrogens (tertiary/aromatic N) is 2. The highest BCUT2D eigenvalue weighted by molar-refractivity contribution is 7.53. The molecule has 5 N–H and O–H groups in total. The SMILES string of the molecule is CC/C(=N\OCCCc1ccccc1)c1ccc(C(=O)N2CCC(N)(CO[P+](O)(O)O)C2)cc1. The molecule has 1 unspecified atom stereocenters. The van der Waals surface area contributed by atoms with Crippen molar-refractivity contribution in [1.29, 1.82) is 0 Å². The largest absolute Gasteiger partial charge is 0.567 e. The fourth-order valence-electron chi connectivity index (χ4n) is 3.82. The van der Waals surface area contributed by atoms with Crippen LogP contribution in [0.5, 0.6) is 0 Å². The van der Waals surface area contributed by atoms with E-state index < -0.39 is 13.7 Å². The molecule has 34 heavy (non-hydrogen) atoms. The molecule has 9 nitrogen and oxygen atoms in total. The number of rotatable bonds is 11. The minimum atomic E-state index is -4.36. The zero-order chi connectivity index (χ0) is 24.6. The molecule has 0 aromatic heterocycles. The molecule has 2 aromatic carbocycles. The predicted octanol–water partition coefficient (Wildman–Crippen LogP) is 2.66. The van der Waals surface area contributed by atoms with Crippen molar-refractivity contribution in [2.45, 2.75) is 38.1 Å². The average Bonchev–Trinajstić information content (AvgIpc) is 3.23. The van der Waals surface area contributed by atoms with Crippen LogP contribution in [0.2, 0.25) is 0 Å². The van der Waals surface area contributed by atoms with Crippen LogP contribution in [0, 0.1) is 0 Å². The van der Waals surface area contributed by atoms with Crippen LogP contribution in [0.4, 0.5) is 0 Å². The first-order valence-corrected chi connectivity index (χ1v) is 12.9. The number of carbonyl (C=O) groups is 1. The van der Waals surface area contributed by atoms with Crippen molar-refractivity contribution in [2.75, 3.05) is 26.3 Å². The molecule has 0 aliphatic carbocycles. The molecule has 10 heteroatoms. The number of carbonyl (C=O) groups excluding carboxylic acids is 1. The Bertz CT molecular complexity index is 965. The van der Waals surface area contributed by atoms with Crippen LogP contribution in [0.1, 0.15) is 47.7 Å². The third kappa shape index (κ3) is 7.84. The van der Waals surface area contributed by atoms with Gasteiger partial charge in [-0.2, -0.15) is 19.2 Å². The number of amides is 1. The molecule has 1 heterocycles. The van der Waals surface area contributed by atoms with Gasteiger partial charge in [0.15, 0.2) is 0 Å². The van der Waals surface area contributed by atoms with Crippen LogP contribution in [0.25, 0.3) is 0 Å². The normalized spacial score (nSPS) is 18.9. The van der Waals surface area contributed by atoms with E-state index in [4.69, 9.17) is 25.3 Å². The van der Waals surface area contributed by atoms with E-state index in [2.05, 4.69) is 21.8 Å². The maximum Gasteiger partial charge on any atom is 0.567 e. The Morgan fingerprint density at radius 2 is 1.79 bits per heavy atom. The van der Waals surface area contributed by atoms with E-state index >= 15 is 0 Å². The Balaban J connectivity index is 1.51. The zero-order valence-electron chi connectivity index (χ0n) is 19.3. The number of hydrogen-bond donors (Lipinski definition) is 4. The molecule has 1 atom stereocenters. The molecule has 0 saturated carbocycles. The molecule has 184 valence electrons. The summed E-state index contributed by atoms with van der Waals surface area (Å²) in [5.41, 5.74) is 8.72. The molecule has 1 amide bonds. The lowest BCUT2D eigenvalue weighted by Crippen LogP contribution is -2.47. The first-order chi connectivity index (χ1) is 16.2. The van der Waals surface area contributed by atoms with Gasteiger partial charge in [-0.05, 0) is 48.9 Å². The highest BCUT2D eigenvalue weighted by Crippen LogP contribution is 2.46. The minimum Gasteiger partial charge on any atom is -0.396 e. The fourth-order valence-corrected chi connectivity index (χ4v) is 4.25. The highest BCUT2D eigenvalue weighted by Gasteiger charge is 2.43. The second-order valence-corrected chi connectivity index (χ2v) is 9.80. The first kappa shape index (κ1) is 26.2. The Morgan fingerprint density at radius 3 is 2.44 bits per heavy atom. The van der Waals surface area contributed by atoms with E-state index in [0.29, 0.717) is 31.6 Å². The summed E-state index contributed by atoms with van der Waals surface area (Å²) < 4.78 is 4.66. The van der Waals surface area contributed by atoms with Gasteiger partial charge >= 0.3 is 8.17 Å². The maximum atomic E-state index is 12.9. The van der Waals surface area contributed by atoms with Crippen molar-refractivity contribution in [3.05, 3.63) is 71.3 Å². The smallest absolute Gasteiger partial charge is 0.396 e. The molecule has 1 aliphatic heterocycles. The minimum absolute atomic E-state index is 0.177. The molecule has 0 spiro atoms. The number of hydrogen-bond acceptors (Lipinski definition) is 8. The first-order valence-electron chi connectivity index (χ1n) is 11.3. The van der Waals surface area contributed by atoms with Gasteiger partial charge < -0.3 is 15.5 Å². The van der Waals surface area contributed by atoms with Crippen LogP contribution in [-0.4, -0.2) is 63.0 Å². The lowest BCUT2D eigenvalue weighted by molar-refractivity contribution is 0.0770. The predicted molar refractivity (Wildman–Crippen MR) is 131 cm³/mol. The highest BCUT2D eigenvalue weighted by atomic mass is 31.2. The Morgan fingerprint density at radius 1 is 1.12 bits per heavy atom. The number of benzene rings is 2. The monoisotopic (exact) mass is 490 g/mol. The standard InChI is InChI=1S/C24H33N3O6P/c1-2-22(26-32-16-6-9-19-7-4-3-5-8-19)20-10-12-21(13-11-20)23(28)27-15-14-24(25,17-27)18-33-34(29,30)31/h3-5,7-8,10-13,29-31H,2,6,9,14-18,25H2,1H3/q+1/b26-22+. The molecule has 1 fully saturated rings. The van der Waals surface area contributed by atoms with E-state index in [1.54, 1.807) is 17.0 Å². The van der Waals surface area contributed by atoms with Gasteiger partial charge in [0.05, 0.1) is 11.3 Å². The van der Waals surface area contributed by atoms with Crippen molar-refractivity contribution in [1.82, 2.24) is 4.90 Å². The topological polar surface area (TPSA) is 138 Å². The molecule has 2 aromatic rings. The zero-order valence-corrected chi connectivity index (χ0v) is 20.2. The third-order valence-electron chi connectivity index (χ3n) is 5.72. The van der Waals surface area contributed by atoms with Gasteiger partial charge in [0.2, 0.25) is 0 Å². The number of likely N-dealkylation sites (tertiary alicyclic amines) is 1. The van der Waals surface area contributed by atoms with Crippen LogP contribution in [0.15, 0.2) is 59.8 Å². The van der Waals surface area contributed by atoms with E-state index in [1.807, 2.05) is 37.3 Å². The molecule has 0 bridgehead atoms. The van der Waals surface area contributed by atoms with E-state index in [-0.39, 0.29) is 19.1 Å². The summed E-state index contributed by atoms with van der Waals surface area (Å²) in [6, 6.07) is 17.4. The van der Waals surface area contributed by atoms with Crippen molar-refractivity contribution in [3.63, 3.8) is 0 Å². The maximum absolute atomic E-state index is 12.9. The van der Waals surface area contributed by atoms with E-state index in [9.17, 15) is 4.79 Å². The molecule has 0 radical (unpaired) electrons. The van der Waals surface area contributed by atoms with Crippen molar-refractivity contribution in [2.24, 2.45) is 10.9 Å². The van der Waals surface area contributed by atoms with Crippen LogP contribution < -0.4 is 5.73 Å². The summed E-state index contributed by atoms with van der Waals surface area (Å²) in [6.45, 7) is 2.87. The summed E-state index contributed by atoms with van der Waals surface area (Å²) in [7, 11) is -4.36. The van der Waals surface area contributed by atoms with Crippen molar-refractivity contribution >= 4 is 19.8 Å². The molecule has 3 rings (SSSR count). The summed E-state index contributed by atoms with van der Waals surface area (Å²) >= 11 is 0. The third-order valence-corrected chi connectivity index (χ3v) is 6.19. The second-order valence-electron chi connectivity index (χ2n) is 8.52. The van der Waals surface area contributed by atoms with Crippen LogP contribution in [-0.2, 0) is 15.8 Å². The molecule has 1 aliphatic rings. The number of nitrogens with two attached hydrogens (primary N) is 1. The Kier molecular flexibility index (Phi) is 9.13. The van der Waals surface area contributed by atoms with Gasteiger partial charge in [-0.3, -0.25) is 4.79 Å². The van der Waals surface area contributed by atoms with Gasteiger partial charge in [-0.1, -0.05) is 54.5 Å². The summed E-state index contributed by atoms with van der Waals surface area (Å²) in [5.74, 6) is -0.177. The fraction of sp³-hybridized carbons (Fsp3) is 0.417. The van der Waals surface area contributed by atoms with Crippen molar-refractivity contribution < 1.29 is 28.8 Å². The van der Waals surface area contributed by atoms with Gasteiger partial charge in [-0.25, -0.2) is 0 Å².